The highest BCUT2D eigenvalue weighted by Gasteiger charge is 2.22. The maximum Gasteiger partial charge on any atom is 0.222 e. The van der Waals surface area contributed by atoms with E-state index in [2.05, 4.69) is 44.7 Å². The molecule has 1 atom stereocenters. The molecule has 3 nitrogen and oxygen atoms in total. The number of carbonyl (C=O) groups is 1. The third-order valence-electron chi connectivity index (χ3n) is 6.79. The van der Waals surface area contributed by atoms with Crippen molar-refractivity contribution in [1.82, 2.24) is 9.80 Å². The molecule has 1 amide bonds. The molecule has 0 spiro atoms. The number of nitrogens with zero attached hydrogens (tertiary/aromatic N) is 2. The topological polar surface area (TPSA) is 23.6 Å². The molecule has 1 unspecified atom stereocenters. The molecule has 32 heavy (non-hydrogen) atoms. The van der Waals surface area contributed by atoms with Gasteiger partial charge in [-0.15, -0.1) is 0 Å². The summed E-state index contributed by atoms with van der Waals surface area (Å²) in [6.45, 7) is 8.85. The minimum atomic E-state index is 0.436. The molecule has 0 aromatic heterocycles. The molecule has 0 bridgehead atoms. The molecule has 0 aliphatic carbocycles. The molecule has 192 valence electrons. The third-order valence-corrected chi connectivity index (χ3v) is 6.79. The van der Waals surface area contributed by atoms with Crippen molar-refractivity contribution in [3.63, 3.8) is 0 Å². The van der Waals surface area contributed by atoms with Crippen LogP contribution in [0.4, 0.5) is 0 Å². The number of hydrogen-bond acceptors (Lipinski definition) is 2. The minimum Gasteiger partial charge on any atom is -0.340 e. The Morgan fingerprint density at radius 2 is 1.00 bits per heavy atom. The first-order valence-corrected chi connectivity index (χ1v) is 14.5. The molecular weight excluding hydrogens is 392 g/mol. The first-order valence-electron chi connectivity index (χ1n) is 14.5. The van der Waals surface area contributed by atoms with Gasteiger partial charge in [0.05, 0.1) is 0 Å². The molecule has 0 radical (unpaired) electrons. The maximum absolute atomic E-state index is 13.3. The summed E-state index contributed by atoms with van der Waals surface area (Å²) in [5.74, 6) is 0.436. The molecule has 0 N–H and O–H groups in total. The van der Waals surface area contributed by atoms with Crippen LogP contribution in [0.1, 0.15) is 149 Å². The van der Waals surface area contributed by atoms with Gasteiger partial charge in [-0.3, -0.25) is 4.79 Å². The second-order valence-corrected chi connectivity index (χ2v) is 10.3. The number of rotatable bonds is 24. The van der Waals surface area contributed by atoms with Crippen molar-refractivity contribution in [3.8, 4) is 0 Å². The van der Waals surface area contributed by atoms with E-state index in [1.807, 2.05) is 0 Å². The number of unbranched alkanes of at least 4 members (excludes halogenated alkanes) is 13. The van der Waals surface area contributed by atoms with Crippen LogP contribution in [0.2, 0.25) is 0 Å². The number of carbonyl (C=O) groups excluding carboxylic acids is 1. The fraction of sp³-hybridized carbons (Fsp3) is 0.966. The summed E-state index contributed by atoms with van der Waals surface area (Å²) in [5.41, 5.74) is 0. The third kappa shape index (κ3) is 18.9. The highest BCUT2D eigenvalue weighted by Crippen LogP contribution is 2.21. The summed E-state index contributed by atoms with van der Waals surface area (Å²) < 4.78 is 0. The molecule has 0 aromatic carbocycles. The van der Waals surface area contributed by atoms with Crippen molar-refractivity contribution < 1.29 is 4.79 Å². The maximum atomic E-state index is 13.3. The molecule has 0 saturated heterocycles. The number of hydrogen-bond donors (Lipinski definition) is 0. The lowest BCUT2D eigenvalue weighted by molar-refractivity contribution is -0.134. The van der Waals surface area contributed by atoms with Gasteiger partial charge >= 0.3 is 0 Å². The molecule has 3 heteroatoms. The summed E-state index contributed by atoms with van der Waals surface area (Å²) in [7, 11) is 4.28. The molecule has 0 aliphatic rings. The zero-order valence-electron chi connectivity index (χ0n) is 22.9. The van der Waals surface area contributed by atoms with Gasteiger partial charge in [-0.25, -0.2) is 0 Å². The predicted molar refractivity (Wildman–Crippen MR) is 143 cm³/mol. The largest absolute Gasteiger partial charge is 0.340 e. The van der Waals surface area contributed by atoms with Crippen LogP contribution in [0.5, 0.6) is 0 Å². The summed E-state index contributed by atoms with van der Waals surface area (Å²) in [6, 6.07) is 0.466. The van der Waals surface area contributed by atoms with E-state index in [0.29, 0.717) is 11.9 Å². The van der Waals surface area contributed by atoms with Crippen LogP contribution >= 0.6 is 0 Å². The standard InChI is InChI=1S/C29H60N2O/c1-6-9-12-15-17-20-24-28(23-19-14-11-8-3)31(27-22-26-30(4)5)29(32)25-21-18-16-13-10-7-2/h28H,6-27H2,1-5H3. The van der Waals surface area contributed by atoms with Gasteiger partial charge in [0.1, 0.15) is 0 Å². The highest BCUT2D eigenvalue weighted by atomic mass is 16.2. The van der Waals surface area contributed by atoms with Crippen molar-refractivity contribution in [2.45, 2.75) is 155 Å². The summed E-state index contributed by atoms with van der Waals surface area (Å²) in [5, 5.41) is 0. The highest BCUT2D eigenvalue weighted by molar-refractivity contribution is 5.76. The first-order chi connectivity index (χ1) is 15.6. The summed E-state index contributed by atoms with van der Waals surface area (Å²) in [6.07, 6.45) is 25.1. The average molecular weight is 453 g/mol. The second-order valence-electron chi connectivity index (χ2n) is 10.3. The first kappa shape index (κ1) is 31.4. The van der Waals surface area contributed by atoms with Gasteiger partial charge in [0.2, 0.25) is 5.91 Å². The van der Waals surface area contributed by atoms with Gasteiger partial charge in [-0.1, -0.05) is 117 Å². The van der Waals surface area contributed by atoms with Crippen LogP contribution < -0.4 is 0 Å². The smallest absolute Gasteiger partial charge is 0.222 e. The predicted octanol–water partition coefficient (Wildman–Crippen LogP) is 8.61. The Morgan fingerprint density at radius 3 is 1.50 bits per heavy atom. The van der Waals surface area contributed by atoms with E-state index < -0.39 is 0 Å². The van der Waals surface area contributed by atoms with E-state index in [4.69, 9.17) is 0 Å². The zero-order chi connectivity index (χ0) is 23.9. The van der Waals surface area contributed by atoms with Crippen molar-refractivity contribution >= 4 is 5.91 Å². The monoisotopic (exact) mass is 452 g/mol. The van der Waals surface area contributed by atoms with Gasteiger partial charge in [0, 0.05) is 19.0 Å². The zero-order valence-corrected chi connectivity index (χ0v) is 22.9. The van der Waals surface area contributed by atoms with Crippen molar-refractivity contribution in [2.75, 3.05) is 27.2 Å². The Morgan fingerprint density at radius 1 is 0.562 bits per heavy atom. The van der Waals surface area contributed by atoms with E-state index in [1.165, 1.54) is 109 Å². The average Bonchev–Trinajstić information content (AvgIpc) is 2.77. The van der Waals surface area contributed by atoms with Crippen LogP contribution in [0.25, 0.3) is 0 Å². The van der Waals surface area contributed by atoms with E-state index >= 15 is 0 Å². The van der Waals surface area contributed by atoms with Gasteiger partial charge in [-0.05, 0) is 46.3 Å². The molecule has 0 saturated carbocycles. The molecule has 0 rings (SSSR count). The fourth-order valence-corrected chi connectivity index (χ4v) is 4.69. The van der Waals surface area contributed by atoms with E-state index in [1.54, 1.807) is 0 Å². The van der Waals surface area contributed by atoms with Gasteiger partial charge in [0.25, 0.3) is 0 Å². The fourth-order valence-electron chi connectivity index (χ4n) is 4.69. The summed E-state index contributed by atoms with van der Waals surface area (Å²) in [4.78, 5) is 17.9. The SMILES string of the molecule is CCCCCCCCC(=O)N(CCCN(C)C)C(CCCCCC)CCCCCCCC. The quantitative estimate of drug-likeness (QED) is 0.137. The number of amides is 1. The molecular formula is C29H60N2O. The second kappa shape index (κ2) is 23.6. The Bertz CT molecular complexity index is 397. The Hall–Kier alpha value is -0.570. The van der Waals surface area contributed by atoms with Crippen LogP contribution in [0, 0.1) is 0 Å². The Balaban J connectivity index is 4.82. The molecule has 0 fully saturated rings. The molecule has 0 heterocycles. The van der Waals surface area contributed by atoms with E-state index in [0.717, 1.165) is 32.4 Å². The lowest BCUT2D eigenvalue weighted by Gasteiger charge is -2.33. The Labute approximate surface area is 203 Å². The van der Waals surface area contributed by atoms with Crippen LogP contribution in [0.3, 0.4) is 0 Å². The molecule has 0 aliphatic heterocycles. The molecule has 0 aromatic rings. The van der Waals surface area contributed by atoms with Gasteiger partial charge in [0.15, 0.2) is 0 Å². The van der Waals surface area contributed by atoms with Crippen molar-refractivity contribution in [1.29, 1.82) is 0 Å². The van der Waals surface area contributed by atoms with Crippen molar-refractivity contribution in [3.05, 3.63) is 0 Å². The normalized spacial score (nSPS) is 12.4. The van der Waals surface area contributed by atoms with Crippen LogP contribution in [-0.2, 0) is 4.79 Å². The Kier molecular flexibility index (Phi) is 23.2. The summed E-state index contributed by atoms with van der Waals surface area (Å²) >= 11 is 0. The lowest BCUT2D eigenvalue weighted by atomic mass is 9.98. The minimum absolute atomic E-state index is 0.436. The van der Waals surface area contributed by atoms with Gasteiger partial charge in [-0.2, -0.15) is 0 Å². The van der Waals surface area contributed by atoms with Crippen LogP contribution in [-0.4, -0.2) is 48.9 Å². The lowest BCUT2D eigenvalue weighted by Crippen LogP contribution is -2.41. The van der Waals surface area contributed by atoms with Crippen LogP contribution in [0.15, 0.2) is 0 Å². The van der Waals surface area contributed by atoms with E-state index in [-0.39, 0.29) is 0 Å². The van der Waals surface area contributed by atoms with Crippen molar-refractivity contribution in [2.24, 2.45) is 0 Å². The van der Waals surface area contributed by atoms with E-state index in [9.17, 15) is 4.79 Å². The van der Waals surface area contributed by atoms with Gasteiger partial charge < -0.3 is 9.80 Å².